The van der Waals surface area contributed by atoms with Gasteiger partial charge in [0.2, 0.25) is 0 Å². The number of benzene rings is 2. The van der Waals surface area contributed by atoms with Crippen molar-refractivity contribution in [2.75, 3.05) is 21.3 Å². The summed E-state index contributed by atoms with van der Waals surface area (Å²) >= 11 is 0. The Morgan fingerprint density at radius 1 is 1.04 bits per heavy atom. The minimum Gasteiger partial charge on any atom is -0.508 e. The topological polar surface area (TPSA) is 68.0 Å². The van der Waals surface area contributed by atoms with Gasteiger partial charge in [0.15, 0.2) is 5.76 Å². The van der Waals surface area contributed by atoms with Crippen LogP contribution in [0.25, 0.3) is 11.1 Å². The molecule has 1 N–H and O–H groups in total. The molecule has 142 valence electrons. The Morgan fingerprint density at radius 3 is 2.52 bits per heavy atom. The normalized spacial score (nSPS) is 11.0. The van der Waals surface area contributed by atoms with Crippen molar-refractivity contribution in [3.63, 3.8) is 0 Å². The van der Waals surface area contributed by atoms with E-state index in [-0.39, 0.29) is 5.75 Å². The highest BCUT2D eigenvalue weighted by atomic mass is 16.5. The van der Waals surface area contributed by atoms with E-state index < -0.39 is 0 Å². The van der Waals surface area contributed by atoms with Gasteiger partial charge in [0, 0.05) is 23.7 Å². The summed E-state index contributed by atoms with van der Waals surface area (Å²) in [6, 6.07) is 13.1. The molecule has 0 radical (unpaired) electrons. The molecule has 0 fully saturated rings. The van der Waals surface area contributed by atoms with Crippen molar-refractivity contribution in [1.82, 2.24) is 10.1 Å². The molecule has 1 heterocycles. The second kappa shape index (κ2) is 8.14. The lowest BCUT2D eigenvalue weighted by Gasteiger charge is -2.17. The van der Waals surface area contributed by atoms with Crippen LogP contribution >= 0.6 is 0 Å². The van der Waals surface area contributed by atoms with Crippen molar-refractivity contribution in [3.8, 4) is 28.4 Å². The molecular formula is C21H24N2O4. The highest BCUT2D eigenvalue weighted by Crippen LogP contribution is 2.35. The Hall–Kier alpha value is -2.99. The number of nitrogens with zero attached hydrogens (tertiary/aromatic N) is 2. The quantitative estimate of drug-likeness (QED) is 0.680. The SMILES string of the molecule is COc1ccc(OC)c(-c2ccc(O)c(CN(C)Cc3cc(C)no3)c2)c1. The van der Waals surface area contributed by atoms with E-state index in [1.54, 1.807) is 20.3 Å². The first kappa shape index (κ1) is 18.8. The van der Waals surface area contributed by atoms with Gasteiger partial charge < -0.3 is 19.1 Å². The zero-order chi connectivity index (χ0) is 19.4. The van der Waals surface area contributed by atoms with Crippen molar-refractivity contribution < 1.29 is 19.1 Å². The van der Waals surface area contributed by atoms with E-state index in [4.69, 9.17) is 14.0 Å². The molecule has 27 heavy (non-hydrogen) atoms. The van der Waals surface area contributed by atoms with Gasteiger partial charge in [0.25, 0.3) is 0 Å². The van der Waals surface area contributed by atoms with Gasteiger partial charge >= 0.3 is 0 Å². The molecule has 0 aliphatic carbocycles. The van der Waals surface area contributed by atoms with Crippen LogP contribution in [0.4, 0.5) is 0 Å². The number of aromatic nitrogens is 1. The second-order valence-corrected chi connectivity index (χ2v) is 6.52. The molecule has 6 heteroatoms. The van der Waals surface area contributed by atoms with Gasteiger partial charge in [-0.25, -0.2) is 0 Å². The fraction of sp³-hybridized carbons (Fsp3) is 0.286. The molecule has 0 atom stereocenters. The number of hydrogen-bond acceptors (Lipinski definition) is 6. The molecule has 3 aromatic rings. The number of phenolic OH excluding ortho intramolecular Hbond substituents is 1. The number of aryl methyl sites for hydroxylation is 1. The lowest BCUT2D eigenvalue weighted by molar-refractivity contribution is 0.263. The van der Waals surface area contributed by atoms with Gasteiger partial charge in [0.05, 0.1) is 26.5 Å². The highest BCUT2D eigenvalue weighted by Gasteiger charge is 2.13. The smallest absolute Gasteiger partial charge is 0.150 e. The fourth-order valence-corrected chi connectivity index (χ4v) is 3.02. The van der Waals surface area contributed by atoms with Gasteiger partial charge in [-0.1, -0.05) is 11.2 Å². The third kappa shape index (κ3) is 4.41. The molecule has 0 saturated heterocycles. The molecule has 0 amide bonds. The zero-order valence-electron chi connectivity index (χ0n) is 16.0. The van der Waals surface area contributed by atoms with Gasteiger partial charge in [0.1, 0.15) is 17.2 Å². The van der Waals surface area contributed by atoms with Crippen LogP contribution in [0, 0.1) is 6.92 Å². The summed E-state index contributed by atoms with van der Waals surface area (Å²) in [4.78, 5) is 2.06. The van der Waals surface area contributed by atoms with Gasteiger partial charge in [-0.3, -0.25) is 4.90 Å². The average molecular weight is 368 g/mol. The van der Waals surface area contributed by atoms with Crippen LogP contribution in [0.2, 0.25) is 0 Å². The molecule has 3 rings (SSSR count). The molecule has 0 saturated carbocycles. The maximum absolute atomic E-state index is 10.3. The van der Waals surface area contributed by atoms with E-state index in [1.165, 1.54) is 0 Å². The Bertz CT molecular complexity index is 920. The van der Waals surface area contributed by atoms with Gasteiger partial charge in [-0.05, 0) is 49.9 Å². The van der Waals surface area contributed by atoms with Crippen molar-refractivity contribution in [3.05, 3.63) is 59.5 Å². The van der Waals surface area contributed by atoms with E-state index in [1.807, 2.05) is 50.4 Å². The molecule has 0 aliphatic heterocycles. The minimum atomic E-state index is 0.251. The lowest BCUT2D eigenvalue weighted by atomic mass is 10.0. The summed E-state index contributed by atoms with van der Waals surface area (Å²) in [5, 5.41) is 14.2. The van der Waals surface area contributed by atoms with Gasteiger partial charge in [-0.2, -0.15) is 0 Å². The Labute approximate surface area is 158 Å². The van der Waals surface area contributed by atoms with Crippen LogP contribution in [0.5, 0.6) is 17.2 Å². The van der Waals surface area contributed by atoms with Crippen LogP contribution in [0.15, 0.2) is 47.0 Å². The molecule has 0 spiro atoms. The predicted octanol–water partition coefficient (Wildman–Crippen LogP) is 4.00. The third-order valence-corrected chi connectivity index (χ3v) is 4.34. The first-order valence-corrected chi connectivity index (χ1v) is 8.65. The van der Waals surface area contributed by atoms with E-state index in [0.29, 0.717) is 13.1 Å². The second-order valence-electron chi connectivity index (χ2n) is 6.52. The van der Waals surface area contributed by atoms with E-state index >= 15 is 0 Å². The molecule has 0 aliphatic rings. The summed E-state index contributed by atoms with van der Waals surface area (Å²) in [6.45, 7) is 3.06. The van der Waals surface area contributed by atoms with Crippen LogP contribution in [-0.2, 0) is 13.1 Å². The predicted molar refractivity (Wildman–Crippen MR) is 103 cm³/mol. The summed E-state index contributed by atoms with van der Waals surface area (Å²) in [7, 11) is 5.24. The summed E-state index contributed by atoms with van der Waals surface area (Å²) in [5.74, 6) is 2.54. The molecule has 6 nitrogen and oxygen atoms in total. The largest absolute Gasteiger partial charge is 0.508 e. The van der Waals surface area contributed by atoms with Crippen LogP contribution in [-0.4, -0.2) is 36.4 Å². The summed E-state index contributed by atoms with van der Waals surface area (Å²) in [5.41, 5.74) is 3.53. The molecular weight excluding hydrogens is 344 g/mol. The number of methoxy groups -OCH3 is 2. The van der Waals surface area contributed by atoms with Crippen molar-refractivity contribution in [2.45, 2.75) is 20.0 Å². The number of phenols is 1. The Kier molecular flexibility index (Phi) is 5.66. The Morgan fingerprint density at radius 2 is 1.85 bits per heavy atom. The maximum Gasteiger partial charge on any atom is 0.150 e. The lowest BCUT2D eigenvalue weighted by Crippen LogP contribution is -2.17. The Balaban J connectivity index is 1.86. The zero-order valence-corrected chi connectivity index (χ0v) is 16.0. The van der Waals surface area contributed by atoms with Crippen LogP contribution < -0.4 is 9.47 Å². The van der Waals surface area contributed by atoms with Gasteiger partial charge in [-0.15, -0.1) is 0 Å². The van der Waals surface area contributed by atoms with Crippen molar-refractivity contribution >= 4 is 0 Å². The summed E-state index contributed by atoms with van der Waals surface area (Å²) in [6.07, 6.45) is 0. The molecule has 0 bridgehead atoms. The van der Waals surface area contributed by atoms with Crippen molar-refractivity contribution in [2.24, 2.45) is 0 Å². The van der Waals surface area contributed by atoms with Crippen LogP contribution in [0.1, 0.15) is 17.0 Å². The van der Waals surface area contributed by atoms with Crippen molar-refractivity contribution in [1.29, 1.82) is 0 Å². The number of rotatable bonds is 7. The van der Waals surface area contributed by atoms with E-state index in [2.05, 4.69) is 10.1 Å². The highest BCUT2D eigenvalue weighted by molar-refractivity contribution is 5.73. The fourth-order valence-electron chi connectivity index (χ4n) is 3.02. The molecule has 0 unspecified atom stereocenters. The average Bonchev–Trinajstić information content (AvgIpc) is 3.07. The first-order chi connectivity index (χ1) is 13.0. The first-order valence-electron chi connectivity index (χ1n) is 8.65. The third-order valence-electron chi connectivity index (χ3n) is 4.34. The maximum atomic E-state index is 10.3. The number of hydrogen-bond donors (Lipinski definition) is 1. The molecule has 2 aromatic carbocycles. The van der Waals surface area contributed by atoms with Crippen LogP contribution in [0.3, 0.4) is 0 Å². The monoisotopic (exact) mass is 368 g/mol. The minimum absolute atomic E-state index is 0.251. The summed E-state index contributed by atoms with van der Waals surface area (Å²) < 4.78 is 16.1. The van der Waals surface area contributed by atoms with E-state index in [9.17, 15) is 5.11 Å². The molecule has 1 aromatic heterocycles. The number of ether oxygens (including phenoxy) is 2. The standard InChI is InChI=1S/C21H24N2O4/c1-14-9-18(27-22-14)13-23(2)12-16-10-15(5-7-20(16)24)19-11-17(25-3)6-8-21(19)26-4/h5-11,24H,12-13H2,1-4H3. The van der Waals surface area contributed by atoms with E-state index in [0.717, 1.165) is 39.6 Å². The number of aromatic hydroxyl groups is 1.